The molecule has 0 saturated carbocycles. The van der Waals surface area contributed by atoms with Crippen LogP contribution in [0.3, 0.4) is 0 Å². The second-order valence-electron chi connectivity index (χ2n) is 5.94. The van der Waals surface area contributed by atoms with Crippen molar-refractivity contribution in [3.8, 4) is 0 Å². The third kappa shape index (κ3) is 5.03. The van der Waals surface area contributed by atoms with E-state index < -0.39 is 0 Å². The summed E-state index contributed by atoms with van der Waals surface area (Å²) in [6, 6.07) is 0.738. The van der Waals surface area contributed by atoms with Gasteiger partial charge in [0.1, 0.15) is 0 Å². The number of hydrogen-bond acceptors (Lipinski definition) is 4. The molecule has 0 aromatic heterocycles. The molecule has 2 atom stereocenters. The minimum atomic E-state index is -0.363. The van der Waals surface area contributed by atoms with E-state index >= 15 is 0 Å². The lowest BCUT2D eigenvalue weighted by molar-refractivity contribution is 0.171. The van der Waals surface area contributed by atoms with Gasteiger partial charge in [-0.05, 0) is 51.9 Å². The molecule has 0 spiro atoms. The van der Waals surface area contributed by atoms with Gasteiger partial charge >= 0.3 is 0 Å². The van der Waals surface area contributed by atoms with Crippen LogP contribution in [0.15, 0.2) is 0 Å². The van der Waals surface area contributed by atoms with Gasteiger partial charge in [0, 0.05) is 18.1 Å². The third-order valence-electron chi connectivity index (χ3n) is 4.74. The zero-order valence-electron chi connectivity index (χ0n) is 13.1. The molecule has 0 bridgehead atoms. The van der Waals surface area contributed by atoms with Gasteiger partial charge in [-0.25, -0.2) is 0 Å². The van der Waals surface area contributed by atoms with Crippen LogP contribution >= 0.6 is 0 Å². The van der Waals surface area contributed by atoms with Gasteiger partial charge in [-0.2, -0.15) is 0 Å². The molecule has 0 aromatic carbocycles. The molecule has 0 aromatic rings. The normalized spacial score (nSPS) is 24.0. The molecule has 19 heavy (non-hydrogen) atoms. The Morgan fingerprint density at radius 2 is 2.00 bits per heavy atom. The van der Waals surface area contributed by atoms with Crippen molar-refractivity contribution in [3.63, 3.8) is 0 Å². The first-order valence-corrected chi connectivity index (χ1v) is 7.94. The number of hydrogen-bond donors (Lipinski definition) is 2. The third-order valence-corrected chi connectivity index (χ3v) is 4.74. The van der Waals surface area contributed by atoms with Crippen LogP contribution in [0, 0.1) is 0 Å². The lowest BCUT2D eigenvalue weighted by atomic mass is 9.92. The van der Waals surface area contributed by atoms with E-state index in [0.29, 0.717) is 0 Å². The second kappa shape index (κ2) is 8.20. The zero-order chi connectivity index (χ0) is 14.3. The number of nitrogens with zero attached hydrogens (tertiary/aromatic N) is 2. The minimum Gasteiger partial charge on any atom is -0.394 e. The summed E-state index contributed by atoms with van der Waals surface area (Å²) in [5, 5.41) is 9.31. The Kier molecular flexibility index (Phi) is 7.29. The maximum Gasteiger partial charge on any atom is 0.0611 e. The van der Waals surface area contributed by atoms with Crippen molar-refractivity contribution in [2.45, 2.75) is 58.0 Å². The van der Waals surface area contributed by atoms with E-state index in [4.69, 9.17) is 5.73 Å². The summed E-state index contributed by atoms with van der Waals surface area (Å²) >= 11 is 0. The highest BCUT2D eigenvalue weighted by Gasteiger charge is 2.27. The van der Waals surface area contributed by atoms with Crippen LogP contribution in [0.4, 0.5) is 0 Å². The highest BCUT2D eigenvalue weighted by atomic mass is 16.3. The fraction of sp³-hybridized carbons (Fsp3) is 1.00. The van der Waals surface area contributed by atoms with E-state index in [2.05, 4.69) is 30.6 Å². The molecule has 1 saturated heterocycles. The van der Waals surface area contributed by atoms with E-state index in [1.807, 2.05) is 0 Å². The molecule has 1 aliphatic heterocycles. The van der Waals surface area contributed by atoms with Crippen LogP contribution in [-0.4, -0.2) is 65.8 Å². The average molecular weight is 271 g/mol. The standard InChI is InChI=1S/C15H33N3O/c1-4-15(16,13-19)9-7-10-17-11-8-14(12-17)18(5-2)6-3/h14,19H,4-13,16H2,1-3H3. The number of nitrogens with two attached hydrogens (primary N) is 1. The number of aliphatic hydroxyl groups excluding tert-OH is 1. The Hall–Kier alpha value is -0.160. The van der Waals surface area contributed by atoms with Crippen LogP contribution in [0.25, 0.3) is 0 Å². The van der Waals surface area contributed by atoms with Crippen molar-refractivity contribution in [3.05, 3.63) is 0 Å². The highest BCUT2D eigenvalue weighted by Crippen LogP contribution is 2.18. The van der Waals surface area contributed by atoms with Gasteiger partial charge in [-0.1, -0.05) is 20.8 Å². The first-order valence-electron chi connectivity index (χ1n) is 7.94. The van der Waals surface area contributed by atoms with Gasteiger partial charge in [0.25, 0.3) is 0 Å². The van der Waals surface area contributed by atoms with Crippen LogP contribution in [0.2, 0.25) is 0 Å². The summed E-state index contributed by atoms with van der Waals surface area (Å²) < 4.78 is 0. The highest BCUT2D eigenvalue weighted by molar-refractivity contribution is 4.85. The van der Waals surface area contributed by atoms with Crippen LogP contribution in [0.1, 0.15) is 46.5 Å². The van der Waals surface area contributed by atoms with Gasteiger partial charge in [-0.15, -0.1) is 0 Å². The molecule has 1 rings (SSSR count). The van der Waals surface area contributed by atoms with Crippen molar-refractivity contribution in [2.75, 3.05) is 39.3 Å². The summed E-state index contributed by atoms with van der Waals surface area (Å²) in [6.45, 7) is 12.5. The van der Waals surface area contributed by atoms with Gasteiger partial charge in [0.2, 0.25) is 0 Å². The van der Waals surface area contributed by atoms with Crippen molar-refractivity contribution in [1.29, 1.82) is 0 Å². The van der Waals surface area contributed by atoms with E-state index in [9.17, 15) is 5.11 Å². The fourth-order valence-electron chi connectivity index (χ4n) is 3.08. The lowest BCUT2D eigenvalue weighted by Crippen LogP contribution is -2.43. The largest absolute Gasteiger partial charge is 0.394 e. The summed E-state index contributed by atoms with van der Waals surface area (Å²) in [6.07, 6.45) is 4.16. The molecule has 4 nitrogen and oxygen atoms in total. The molecule has 1 heterocycles. The van der Waals surface area contributed by atoms with E-state index in [1.54, 1.807) is 0 Å². The summed E-state index contributed by atoms with van der Waals surface area (Å²) in [4.78, 5) is 5.11. The van der Waals surface area contributed by atoms with Crippen molar-refractivity contribution in [2.24, 2.45) is 5.73 Å². The summed E-state index contributed by atoms with van der Waals surface area (Å²) in [5.74, 6) is 0. The molecule has 114 valence electrons. The predicted octanol–water partition coefficient (Wildman–Crippen LogP) is 1.28. The molecule has 1 aliphatic rings. The van der Waals surface area contributed by atoms with Crippen LogP contribution < -0.4 is 5.73 Å². The Morgan fingerprint density at radius 3 is 2.53 bits per heavy atom. The molecule has 3 N–H and O–H groups in total. The number of rotatable bonds is 9. The van der Waals surface area contributed by atoms with E-state index in [1.165, 1.54) is 19.5 Å². The monoisotopic (exact) mass is 271 g/mol. The number of likely N-dealkylation sites (tertiary alicyclic amines) is 1. The van der Waals surface area contributed by atoms with E-state index in [-0.39, 0.29) is 12.1 Å². The van der Waals surface area contributed by atoms with Crippen molar-refractivity contribution < 1.29 is 5.11 Å². The smallest absolute Gasteiger partial charge is 0.0611 e. The van der Waals surface area contributed by atoms with Crippen molar-refractivity contribution in [1.82, 2.24) is 9.80 Å². The van der Waals surface area contributed by atoms with E-state index in [0.717, 1.165) is 44.9 Å². The molecular weight excluding hydrogens is 238 g/mol. The SMILES string of the molecule is CCN(CC)C1CCN(CCCC(N)(CC)CO)C1. The Morgan fingerprint density at radius 1 is 1.32 bits per heavy atom. The molecule has 0 radical (unpaired) electrons. The van der Waals surface area contributed by atoms with Gasteiger partial charge in [0.15, 0.2) is 0 Å². The fourth-order valence-corrected chi connectivity index (χ4v) is 3.08. The number of likely N-dealkylation sites (N-methyl/N-ethyl adjacent to an activating group) is 1. The Labute approximate surface area is 118 Å². The maximum atomic E-state index is 9.31. The molecule has 2 unspecified atom stereocenters. The topological polar surface area (TPSA) is 52.7 Å². The molecule has 1 fully saturated rings. The first kappa shape index (κ1) is 16.9. The predicted molar refractivity (Wildman–Crippen MR) is 81.3 cm³/mol. The quantitative estimate of drug-likeness (QED) is 0.663. The van der Waals surface area contributed by atoms with Crippen molar-refractivity contribution >= 4 is 0 Å². The molecule has 0 aliphatic carbocycles. The average Bonchev–Trinajstić information content (AvgIpc) is 2.89. The Bertz CT molecular complexity index is 240. The lowest BCUT2D eigenvalue weighted by Gasteiger charge is -2.28. The second-order valence-corrected chi connectivity index (χ2v) is 5.94. The first-order chi connectivity index (χ1) is 9.08. The minimum absolute atomic E-state index is 0.103. The maximum absolute atomic E-state index is 9.31. The van der Waals surface area contributed by atoms with Gasteiger partial charge in [0.05, 0.1) is 6.61 Å². The molecule has 0 amide bonds. The number of aliphatic hydroxyl groups is 1. The van der Waals surface area contributed by atoms with Crippen LogP contribution in [0.5, 0.6) is 0 Å². The zero-order valence-corrected chi connectivity index (χ0v) is 13.1. The van der Waals surface area contributed by atoms with Crippen LogP contribution in [-0.2, 0) is 0 Å². The summed E-state index contributed by atoms with van der Waals surface area (Å²) in [5.41, 5.74) is 5.76. The van der Waals surface area contributed by atoms with Gasteiger partial charge < -0.3 is 15.7 Å². The summed E-state index contributed by atoms with van der Waals surface area (Å²) in [7, 11) is 0. The van der Waals surface area contributed by atoms with Gasteiger partial charge in [-0.3, -0.25) is 4.90 Å². The molecule has 4 heteroatoms. The Balaban J connectivity index is 2.25. The molecular formula is C15H33N3O.